The number of rotatable bonds is 11. The molecule has 0 fully saturated rings. The van der Waals surface area contributed by atoms with E-state index < -0.39 is 29.4 Å². The normalized spacial score (nSPS) is 11.5. The van der Waals surface area contributed by atoms with E-state index in [4.69, 9.17) is 4.74 Å². The maximum absolute atomic E-state index is 13.8. The van der Waals surface area contributed by atoms with Crippen LogP contribution < -0.4 is 0 Å². The van der Waals surface area contributed by atoms with Gasteiger partial charge < -0.3 is 19.5 Å². The highest BCUT2D eigenvalue weighted by atomic mass is 19.4. The van der Waals surface area contributed by atoms with E-state index in [-0.39, 0.29) is 38.3 Å². The molecular weight excluding hydrogens is 526 g/mol. The number of ether oxygens (including phenoxy) is 1. The quantitative estimate of drug-likeness (QED) is 0.242. The molecule has 0 aliphatic rings. The van der Waals surface area contributed by atoms with Crippen molar-refractivity contribution in [3.63, 3.8) is 0 Å². The molecule has 210 valence electrons. The maximum atomic E-state index is 13.8. The zero-order valence-corrected chi connectivity index (χ0v) is 21.9. The minimum absolute atomic E-state index is 0.0472. The number of benzene rings is 3. The number of carbonyl (C=O) groups is 2. The fourth-order valence-corrected chi connectivity index (χ4v) is 4.43. The van der Waals surface area contributed by atoms with Gasteiger partial charge in [0.25, 0.3) is 5.91 Å². The Labute approximate surface area is 229 Å². The number of carbonyl (C=O) groups excluding carboxylic acids is 2. The summed E-state index contributed by atoms with van der Waals surface area (Å²) in [4.78, 5) is 32.8. The molecule has 0 radical (unpaired) electrons. The van der Waals surface area contributed by atoms with Crippen LogP contribution in [0.15, 0.2) is 79.0 Å². The molecule has 0 unspecified atom stereocenters. The summed E-state index contributed by atoms with van der Waals surface area (Å²) in [6, 6.07) is 17.6. The number of hydrogen-bond acceptors (Lipinski definition) is 3. The molecule has 0 atom stereocenters. The average Bonchev–Trinajstić information content (AvgIpc) is 3.35. The van der Waals surface area contributed by atoms with Crippen molar-refractivity contribution in [2.24, 2.45) is 0 Å². The van der Waals surface area contributed by atoms with Gasteiger partial charge in [-0.05, 0) is 53.9 Å². The number of fused-ring (bicyclic) bond motifs is 1. The summed E-state index contributed by atoms with van der Waals surface area (Å²) >= 11 is 0. The first-order chi connectivity index (χ1) is 19.2. The Bertz CT molecular complexity index is 1450. The lowest BCUT2D eigenvalue weighted by molar-refractivity contribution is -0.137. The number of alkyl halides is 3. The molecule has 2 amide bonds. The number of halogens is 4. The molecule has 6 nitrogen and oxygen atoms in total. The lowest BCUT2D eigenvalue weighted by Crippen LogP contribution is -2.44. The first kappa shape index (κ1) is 28.8. The average molecular weight is 556 g/mol. The third-order valence-electron chi connectivity index (χ3n) is 6.58. The van der Waals surface area contributed by atoms with Crippen LogP contribution in [0.5, 0.6) is 0 Å². The van der Waals surface area contributed by atoms with Crippen molar-refractivity contribution in [2.45, 2.75) is 19.1 Å². The molecule has 0 saturated heterocycles. The number of aromatic amines is 1. The van der Waals surface area contributed by atoms with E-state index in [1.807, 2.05) is 30.5 Å². The van der Waals surface area contributed by atoms with Crippen LogP contribution in [-0.2, 0) is 28.7 Å². The monoisotopic (exact) mass is 555 g/mol. The lowest BCUT2D eigenvalue weighted by atomic mass is 10.1. The van der Waals surface area contributed by atoms with E-state index in [0.717, 1.165) is 34.7 Å². The van der Waals surface area contributed by atoms with Crippen molar-refractivity contribution < 1.29 is 31.9 Å². The number of aromatic nitrogens is 1. The topological polar surface area (TPSA) is 65.6 Å². The summed E-state index contributed by atoms with van der Waals surface area (Å²) in [5.41, 5.74) is 1.76. The van der Waals surface area contributed by atoms with Gasteiger partial charge >= 0.3 is 6.18 Å². The van der Waals surface area contributed by atoms with Gasteiger partial charge in [0, 0.05) is 49.4 Å². The summed E-state index contributed by atoms with van der Waals surface area (Å²) in [5, 5.41) is 1.01. The van der Waals surface area contributed by atoms with Gasteiger partial charge in [0.05, 0.1) is 12.2 Å². The van der Waals surface area contributed by atoms with Crippen LogP contribution in [0.3, 0.4) is 0 Å². The second-order valence-electron chi connectivity index (χ2n) is 9.35. The SMILES string of the molecule is COCCN(CC(=O)N(CCc1c[nH]c2ccccc12)Cc1ccc(C(F)(F)F)cc1)C(=O)c1cccc(F)c1. The minimum atomic E-state index is -4.47. The molecule has 4 rings (SSSR count). The van der Waals surface area contributed by atoms with Crippen molar-refractivity contribution in [3.05, 3.63) is 107 Å². The third kappa shape index (κ3) is 7.26. The summed E-state index contributed by atoms with van der Waals surface area (Å²) in [6.45, 7) is 0.240. The number of nitrogens with zero attached hydrogens (tertiary/aromatic N) is 2. The first-order valence-corrected chi connectivity index (χ1v) is 12.7. The van der Waals surface area contributed by atoms with Crippen LogP contribution in [0.4, 0.5) is 17.6 Å². The molecule has 1 aromatic heterocycles. The van der Waals surface area contributed by atoms with Crippen molar-refractivity contribution >= 4 is 22.7 Å². The zero-order valence-electron chi connectivity index (χ0n) is 21.9. The van der Waals surface area contributed by atoms with Gasteiger partial charge in [-0.2, -0.15) is 13.2 Å². The predicted octanol–water partition coefficient (Wildman–Crippen LogP) is 5.69. The van der Waals surface area contributed by atoms with Gasteiger partial charge in [0.2, 0.25) is 5.91 Å². The second-order valence-corrected chi connectivity index (χ2v) is 9.35. The number of hydrogen-bond donors (Lipinski definition) is 1. The molecule has 3 aromatic carbocycles. The number of para-hydroxylation sites is 1. The highest BCUT2D eigenvalue weighted by Crippen LogP contribution is 2.29. The number of nitrogens with one attached hydrogen (secondary N) is 1. The zero-order chi connectivity index (χ0) is 28.7. The number of methoxy groups -OCH3 is 1. The van der Waals surface area contributed by atoms with Crippen LogP contribution >= 0.6 is 0 Å². The van der Waals surface area contributed by atoms with Crippen LogP contribution in [0.1, 0.15) is 27.0 Å². The summed E-state index contributed by atoms with van der Waals surface area (Å²) < 4.78 is 58.1. The van der Waals surface area contributed by atoms with E-state index in [9.17, 15) is 27.2 Å². The summed E-state index contributed by atoms with van der Waals surface area (Å²) in [5.74, 6) is -1.51. The highest BCUT2D eigenvalue weighted by molar-refractivity contribution is 5.96. The van der Waals surface area contributed by atoms with Gasteiger partial charge in [-0.1, -0.05) is 36.4 Å². The van der Waals surface area contributed by atoms with Crippen LogP contribution in [0.25, 0.3) is 10.9 Å². The van der Waals surface area contributed by atoms with Gasteiger partial charge in [-0.3, -0.25) is 9.59 Å². The van der Waals surface area contributed by atoms with E-state index in [1.54, 1.807) is 0 Å². The van der Waals surface area contributed by atoms with Crippen LogP contribution in [0, 0.1) is 5.82 Å². The number of amides is 2. The number of H-pyrrole nitrogens is 1. The van der Waals surface area contributed by atoms with Crippen LogP contribution in [-0.4, -0.2) is 59.9 Å². The Morgan fingerprint density at radius 3 is 2.38 bits per heavy atom. The molecule has 0 bridgehead atoms. The molecule has 0 aliphatic heterocycles. The van der Waals surface area contributed by atoms with Crippen molar-refractivity contribution in [3.8, 4) is 0 Å². The lowest BCUT2D eigenvalue weighted by Gasteiger charge is -2.28. The molecule has 10 heteroatoms. The molecule has 40 heavy (non-hydrogen) atoms. The van der Waals surface area contributed by atoms with Crippen molar-refractivity contribution in [1.29, 1.82) is 0 Å². The molecular formula is C30H29F4N3O3. The third-order valence-corrected chi connectivity index (χ3v) is 6.58. The maximum Gasteiger partial charge on any atom is 0.416 e. The standard InChI is InChI=1S/C30H29F4N3O3/c1-40-16-15-37(29(39)22-5-4-6-25(31)17-22)20-28(38)36(19-21-9-11-24(12-10-21)30(32,33)34)14-13-23-18-35-27-8-3-2-7-26(23)27/h2-12,17-18,35H,13-16,19-20H2,1H3. The van der Waals surface area contributed by atoms with E-state index in [2.05, 4.69) is 4.98 Å². The Morgan fingerprint density at radius 2 is 1.68 bits per heavy atom. The highest BCUT2D eigenvalue weighted by Gasteiger charge is 2.30. The molecule has 1 N–H and O–H groups in total. The fourth-order valence-electron chi connectivity index (χ4n) is 4.43. The van der Waals surface area contributed by atoms with E-state index in [1.165, 1.54) is 47.2 Å². The first-order valence-electron chi connectivity index (χ1n) is 12.7. The summed E-state index contributed by atoms with van der Waals surface area (Å²) in [7, 11) is 1.46. The fraction of sp³-hybridized carbons (Fsp3) is 0.267. The molecule has 1 heterocycles. The predicted molar refractivity (Wildman–Crippen MR) is 143 cm³/mol. The molecule has 0 saturated carbocycles. The van der Waals surface area contributed by atoms with E-state index >= 15 is 0 Å². The molecule has 4 aromatic rings. The van der Waals surface area contributed by atoms with Gasteiger partial charge in [-0.15, -0.1) is 0 Å². The molecule has 0 aliphatic carbocycles. The smallest absolute Gasteiger partial charge is 0.383 e. The minimum Gasteiger partial charge on any atom is -0.383 e. The van der Waals surface area contributed by atoms with Gasteiger partial charge in [-0.25, -0.2) is 4.39 Å². The largest absolute Gasteiger partial charge is 0.416 e. The van der Waals surface area contributed by atoms with Gasteiger partial charge in [0.1, 0.15) is 12.4 Å². The van der Waals surface area contributed by atoms with Crippen LogP contribution in [0.2, 0.25) is 0 Å². The Hall–Kier alpha value is -4.18. The Kier molecular flexibility index (Phi) is 9.21. The van der Waals surface area contributed by atoms with E-state index in [0.29, 0.717) is 12.0 Å². The Balaban J connectivity index is 1.56. The van der Waals surface area contributed by atoms with Crippen molar-refractivity contribution in [1.82, 2.24) is 14.8 Å². The van der Waals surface area contributed by atoms with Gasteiger partial charge in [0.15, 0.2) is 0 Å². The molecule has 0 spiro atoms. The van der Waals surface area contributed by atoms with Crippen molar-refractivity contribution in [2.75, 3.05) is 33.4 Å². The Morgan fingerprint density at radius 1 is 0.925 bits per heavy atom. The summed E-state index contributed by atoms with van der Waals surface area (Å²) in [6.07, 6.45) is -2.13. The second kappa shape index (κ2) is 12.8.